The maximum Gasteiger partial charge on any atom is 0.418 e. The van der Waals surface area contributed by atoms with Gasteiger partial charge >= 0.3 is 12.1 Å². The molecule has 1 unspecified atom stereocenters. The molecule has 1 heterocycles. The highest BCUT2D eigenvalue weighted by atomic mass is 35.5. The molecule has 0 saturated heterocycles. The Labute approximate surface area is 157 Å². The second-order valence-corrected chi connectivity index (χ2v) is 5.66. The summed E-state index contributed by atoms with van der Waals surface area (Å²) in [5.41, 5.74) is -1.28. The summed E-state index contributed by atoms with van der Waals surface area (Å²) in [6, 6.07) is 2.39. The third kappa shape index (κ3) is 5.29. The molecule has 0 aliphatic carbocycles. The highest BCUT2D eigenvalue weighted by Crippen LogP contribution is 2.35. The fraction of sp³-hybridized carbons (Fsp3) is 0.429. The number of halogens is 5. The number of tetrazole rings is 1. The van der Waals surface area contributed by atoms with Gasteiger partial charge in [0.25, 0.3) is 0 Å². The van der Waals surface area contributed by atoms with Gasteiger partial charge in [-0.2, -0.15) is 17.9 Å². The summed E-state index contributed by atoms with van der Waals surface area (Å²) < 4.78 is 40.6. The van der Waals surface area contributed by atoms with Gasteiger partial charge in [0, 0.05) is 5.02 Å². The molecule has 1 aromatic carbocycles. The van der Waals surface area contributed by atoms with E-state index in [0.29, 0.717) is 12.8 Å². The Balaban J connectivity index is 0.00000338. The van der Waals surface area contributed by atoms with Crippen molar-refractivity contribution in [3.8, 4) is 5.69 Å². The molecule has 144 valence electrons. The lowest BCUT2D eigenvalue weighted by molar-refractivity contribution is -0.140. The quantitative estimate of drug-likeness (QED) is 0.724. The zero-order valence-corrected chi connectivity index (χ0v) is 15.1. The van der Waals surface area contributed by atoms with Crippen molar-refractivity contribution < 1.29 is 23.1 Å². The Hall–Kier alpha value is -1.91. The van der Waals surface area contributed by atoms with Crippen LogP contribution in [0.3, 0.4) is 0 Å². The van der Waals surface area contributed by atoms with Gasteiger partial charge < -0.3 is 5.11 Å². The van der Waals surface area contributed by atoms with Crippen molar-refractivity contribution in [1.82, 2.24) is 25.5 Å². The lowest BCUT2D eigenvalue weighted by Crippen LogP contribution is -2.36. The highest BCUT2D eigenvalue weighted by molar-refractivity contribution is 6.30. The maximum absolute atomic E-state index is 13.2. The average Bonchev–Trinajstić information content (AvgIpc) is 2.98. The number of carbonyl (C=O) groups is 1. The number of nitrogens with one attached hydrogen (secondary N) is 1. The van der Waals surface area contributed by atoms with E-state index in [0.717, 1.165) is 16.8 Å². The van der Waals surface area contributed by atoms with Gasteiger partial charge in [-0.15, -0.1) is 17.5 Å². The summed E-state index contributed by atoms with van der Waals surface area (Å²) in [5, 5.41) is 22.4. The predicted octanol–water partition coefficient (Wildman–Crippen LogP) is 3.10. The molecule has 0 aliphatic rings. The van der Waals surface area contributed by atoms with Crippen molar-refractivity contribution in [1.29, 1.82) is 0 Å². The monoisotopic (exact) mass is 413 g/mol. The first kappa shape index (κ1) is 22.1. The second-order valence-electron chi connectivity index (χ2n) is 5.23. The third-order valence-electron chi connectivity index (χ3n) is 3.41. The third-order valence-corrected chi connectivity index (χ3v) is 3.64. The average molecular weight is 414 g/mol. The van der Waals surface area contributed by atoms with Gasteiger partial charge in [-0.3, -0.25) is 10.1 Å². The molecule has 1 aromatic heterocycles. The number of aliphatic carboxylic acids is 1. The lowest BCUT2D eigenvalue weighted by atomic mass is 10.1. The summed E-state index contributed by atoms with van der Waals surface area (Å²) in [6.07, 6.45) is -3.65. The van der Waals surface area contributed by atoms with Crippen molar-refractivity contribution in [2.24, 2.45) is 0 Å². The number of alkyl halides is 3. The molecule has 7 nitrogen and oxygen atoms in total. The molecule has 1 atom stereocenters. The molecule has 0 amide bonds. The van der Waals surface area contributed by atoms with Gasteiger partial charge in [-0.25, -0.2) is 0 Å². The van der Waals surface area contributed by atoms with E-state index in [1.54, 1.807) is 0 Å². The lowest BCUT2D eigenvalue weighted by Gasteiger charge is -2.15. The summed E-state index contributed by atoms with van der Waals surface area (Å²) in [5.74, 6) is -1.00. The number of hydrogen-bond donors (Lipinski definition) is 2. The molecule has 2 rings (SSSR count). The zero-order chi connectivity index (χ0) is 18.6. The minimum atomic E-state index is -4.65. The minimum Gasteiger partial charge on any atom is -0.480 e. The van der Waals surface area contributed by atoms with Gasteiger partial charge in [-0.1, -0.05) is 24.9 Å². The molecule has 2 aromatic rings. The fourth-order valence-electron chi connectivity index (χ4n) is 2.24. The molecule has 0 spiro atoms. The number of carboxylic acids is 1. The highest BCUT2D eigenvalue weighted by Gasteiger charge is 2.35. The first-order chi connectivity index (χ1) is 11.7. The van der Waals surface area contributed by atoms with Crippen LogP contribution in [0.4, 0.5) is 13.2 Å². The van der Waals surface area contributed by atoms with E-state index < -0.39 is 23.8 Å². The van der Waals surface area contributed by atoms with Crippen LogP contribution >= 0.6 is 24.0 Å². The maximum atomic E-state index is 13.2. The van der Waals surface area contributed by atoms with Crippen LogP contribution in [0.5, 0.6) is 0 Å². The first-order valence-electron chi connectivity index (χ1n) is 7.34. The topological polar surface area (TPSA) is 92.9 Å². The molecule has 2 N–H and O–H groups in total. The van der Waals surface area contributed by atoms with Crippen LogP contribution in [0.2, 0.25) is 5.02 Å². The first-order valence-corrected chi connectivity index (χ1v) is 7.72. The Bertz CT molecular complexity index is 754. The fourth-order valence-corrected chi connectivity index (χ4v) is 2.41. The van der Waals surface area contributed by atoms with Gasteiger partial charge in [0.2, 0.25) is 0 Å². The van der Waals surface area contributed by atoms with Crippen LogP contribution in [0.1, 0.15) is 31.2 Å². The van der Waals surface area contributed by atoms with Crippen molar-refractivity contribution in [2.45, 2.75) is 38.5 Å². The normalized spacial score (nSPS) is 12.5. The molecular weight excluding hydrogens is 398 g/mol. The SMILES string of the molecule is CCCC(NCc1nnnn1-c1ccc(Cl)cc1C(F)(F)F)C(=O)O.Cl. The number of benzene rings is 1. The van der Waals surface area contributed by atoms with E-state index in [9.17, 15) is 18.0 Å². The molecule has 0 aliphatic heterocycles. The van der Waals surface area contributed by atoms with Crippen molar-refractivity contribution in [2.75, 3.05) is 0 Å². The molecule has 26 heavy (non-hydrogen) atoms. The van der Waals surface area contributed by atoms with Crippen LogP contribution in [0, 0.1) is 0 Å². The van der Waals surface area contributed by atoms with Crippen molar-refractivity contribution >= 4 is 30.0 Å². The second kappa shape index (κ2) is 9.15. The Morgan fingerprint density at radius 2 is 2.12 bits per heavy atom. The van der Waals surface area contributed by atoms with E-state index in [2.05, 4.69) is 20.8 Å². The van der Waals surface area contributed by atoms with Gasteiger partial charge in [0.15, 0.2) is 5.82 Å². The molecule has 0 saturated carbocycles. The summed E-state index contributed by atoms with van der Waals surface area (Å²) in [7, 11) is 0. The van der Waals surface area contributed by atoms with Crippen LogP contribution in [-0.4, -0.2) is 37.3 Å². The van der Waals surface area contributed by atoms with E-state index in [1.165, 1.54) is 6.07 Å². The van der Waals surface area contributed by atoms with Gasteiger partial charge in [0.1, 0.15) is 6.04 Å². The van der Waals surface area contributed by atoms with Gasteiger partial charge in [0.05, 0.1) is 17.8 Å². The number of carboxylic acid groups (broad SMARTS) is 1. The molecule has 12 heteroatoms. The minimum absolute atomic E-state index is 0. The van der Waals surface area contributed by atoms with Crippen molar-refractivity contribution in [3.05, 3.63) is 34.6 Å². The van der Waals surface area contributed by atoms with E-state index in [4.69, 9.17) is 16.7 Å². The standard InChI is InChI=1S/C14H15ClF3N5O2.ClH/c1-2-3-10(13(24)25)19-7-12-20-21-22-23(12)11-5-4-8(15)6-9(11)14(16,17)18;/h4-6,10,19H,2-3,7H2,1H3,(H,24,25);1H. The number of aromatic nitrogens is 4. The molecular formula is C14H16Cl2F3N5O2. The Morgan fingerprint density at radius 3 is 2.69 bits per heavy atom. The Kier molecular flexibility index (Phi) is 7.79. The molecule has 0 radical (unpaired) electrons. The zero-order valence-electron chi connectivity index (χ0n) is 13.5. The Morgan fingerprint density at radius 1 is 1.42 bits per heavy atom. The predicted molar refractivity (Wildman–Crippen MR) is 89.6 cm³/mol. The van der Waals surface area contributed by atoms with E-state index in [1.807, 2.05) is 6.92 Å². The van der Waals surface area contributed by atoms with Crippen LogP contribution < -0.4 is 5.32 Å². The van der Waals surface area contributed by atoms with E-state index in [-0.39, 0.29) is 35.5 Å². The van der Waals surface area contributed by atoms with Crippen LogP contribution in [0.25, 0.3) is 5.69 Å². The number of nitrogens with zero attached hydrogens (tertiary/aromatic N) is 4. The van der Waals surface area contributed by atoms with Crippen molar-refractivity contribution in [3.63, 3.8) is 0 Å². The largest absolute Gasteiger partial charge is 0.480 e. The number of hydrogen-bond acceptors (Lipinski definition) is 5. The summed E-state index contributed by atoms with van der Waals surface area (Å²) in [4.78, 5) is 11.1. The van der Waals surface area contributed by atoms with E-state index >= 15 is 0 Å². The number of rotatable bonds is 7. The summed E-state index contributed by atoms with van der Waals surface area (Å²) in [6.45, 7) is 1.72. The van der Waals surface area contributed by atoms with Crippen LogP contribution in [-0.2, 0) is 17.5 Å². The smallest absolute Gasteiger partial charge is 0.418 e. The molecule has 0 bridgehead atoms. The summed E-state index contributed by atoms with van der Waals surface area (Å²) >= 11 is 5.66. The van der Waals surface area contributed by atoms with Gasteiger partial charge in [-0.05, 0) is 35.0 Å². The molecule has 0 fully saturated rings. The van der Waals surface area contributed by atoms with Crippen LogP contribution in [0.15, 0.2) is 18.2 Å².